The first-order valence-electron chi connectivity index (χ1n) is 8.40. The van der Waals surface area contributed by atoms with Gasteiger partial charge in [0.25, 0.3) is 0 Å². The predicted octanol–water partition coefficient (Wildman–Crippen LogP) is 5.33. The van der Waals surface area contributed by atoms with E-state index < -0.39 is 0 Å². The van der Waals surface area contributed by atoms with Crippen LogP contribution in [0.5, 0.6) is 0 Å². The Morgan fingerprint density at radius 2 is 1.56 bits per heavy atom. The maximum absolute atomic E-state index is 13.3. The van der Waals surface area contributed by atoms with E-state index in [1.54, 1.807) is 12.1 Å². The van der Waals surface area contributed by atoms with Gasteiger partial charge in [-0.05, 0) is 47.9 Å². The minimum absolute atomic E-state index is 0.256. The van der Waals surface area contributed by atoms with Crippen LogP contribution in [0.1, 0.15) is 0 Å². The number of benzene rings is 2. The third-order valence-corrected chi connectivity index (χ3v) is 5.06. The molecule has 6 heteroatoms. The van der Waals surface area contributed by atoms with E-state index in [2.05, 4.69) is 14.6 Å². The van der Waals surface area contributed by atoms with Gasteiger partial charge in [-0.2, -0.15) is 4.37 Å². The molecule has 3 heterocycles. The standard InChI is InChI=1S/C21H13FN4S/c22-17-9-6-14(7-10-17)20-18(13-27-25-20)16-8-11-19-23-24-21(26(19)12-16)15-4-2-1-3-5-15/h1-13H. The van der Waals surface area contributed by atoms with Crippen molar-refractivity contribution in [2.75, 3.05) is 0 Å². The Kier molecular flexibility index (Phi) is 3.76. The van der Waals surface area contributed by atoms with E-state index in [4.69, 9.17) is 0 Å². The summed E-state index contributed by atoms with van der Waals surface area (Å²) >= 11 is 1.38. The van der Waals surface area contributed by atoms with Crippen molar-refractivity contribution in [1.82, 2.24) is 19.0 Å². The molecular weight excluding hydrogens is 359 g/mol. The number of pyridine rings is 1. The van der Waals surface area contributed by atoms with Crippen molar-refractivity contribution in [3.05, 3.63) is 84.1 Å². The molecule has 130 valence electrons. The molecule has 0 saturated carbocycles. The highest BCUT2D eigenvalue weighted by atomic mass is 32.1. The van der Waals surface area contributed by atoms with E-state index in [-0.39, 0.29) is 5.82 Å². The molecule has 0 spiro atoms. The molecule has 0 aliphatic rings. The molecule has 0 fully saturated rings. The predicted molar refractivity (Wildman–Crippen MR) is 105 cm³/mol. The molecule has 0 saturated heterocycles. The van der Waals surface area contributed by atoms with Crippen LogP contribution >= 0.6 is 11.5 Å². The number of hydrogen-bond donors (Lipinski definition) is 0. The van der Waals surface area contributed by atoms with E-state index >= 15 is 0 Å². The summed E-state index contributed by atoms with van der Waals surface area (Å²) in [6, 6.07) is 20.3. The van der Waals surface area contributed by atoms with Crippen molar-refractivity contribution >= 4 is 17.2 Å². The van der Waals surface area contributed by atoms with Crippen molar-refractivity contribution in [3.8, 4) is 33.8 Å². The second kappa shape index (κ2) is 6.41. The summed E-state index contributed by atoms with van der Waals surface area (Å²) < 4.78 is 19.8. The number of halogens is 1. The quantitative estimate of drug-likeness (QED) is 0.430. The normalized spacial score (nSPS) is 11.1. The minimum atomic E-state index is -0.256. The van der Waals surface area contributed by atoms with E-state index in [9.17, 15) is 4.39 Å². The Morgan fingerprint density at radius 3 is 2.37 bits per heavy atom. The number of hydrogen-bond acceptors (Lipinski definition) is 4. The Labute approximate surface area is 158 Å². The van der Waals surface area contributed by atoms with Gasteiger partial charge in [0.15, 0.2) is 11.5 Å². The highest BCUT2D eigenvalue weighted by Gasteiger charge is 2.14. The number of aromatic nitrogens is 4. The lowest BCUT2D eigenvalue weighted by molar-refractivity contribution is 0.628. The van der Waals surface area contributed by atoms with Crippen LogP contribution in [0.3, 0.4) is 0 Å². The monoisotopic (exact) mass is 372 g/mol. The fourth-order valence-electron chi connectivity index (χ4n) is 3.09. The summed E-state index contributed by atoms with van der Waals surface area (Å²) in [5, 5.41) is 10.6. The SMILES string of the molecule is Fc1ccc(-c2nscc2-c2ccc3nnc(-c4ccccc4)n3c2)cc1. The van der Waals surface area contributed by atoms with Gasteiger partial charge in [-0.1, -0.05) is 30.3 Å². The van der Waals surface area contributed by atoms with Gasteiger partial charge in [0, 0.05) is 33.8 Å². The van der Waals surface area contributed by atoms with Gasteiger partial charge in [-0.3, -0.25) is 4.40 Å². The zero-order valence-corrected chi connectivity index (χ0v) is 14.9. The van der Waals surface area contributed by atoms with E-state index in [0.29, 0.717) is 0 Å². The molecule has 0 bridgehead atoms. The molecule has 5 aromatic rings. The third-order valence-electron chi connectivity index (χ3n) is 4.43. The van der Waals surface area contributed by atoms with E-state index in [1.165, 1.54) is 23.7 Å². The largest absolute Gasteiger partial charge is 0.282 e. The Balaban J connectivity index is 1.65. The highest BCUT2D eigenvalue weighted by molar-refractivity contribution is 7.04. The van der Waals surface area contributed by atoms with Gasteiger partial charge in [0.2, 0.25) is 0 Å². The van der Waals surface area contributed by atoms with Crippen LogP contribution in [0.2, 0.25) is 0 Å². The fraction of sp³-hybridized carbons (Fsp3) is 0. The summed E-state index contributed by atoms with van der Waals surface area (Å²) in [6.45, 7) is 0. The minimum Gasteiger partial charge on any atom is -0.282 e. The summed E-state index contributed by atoms with van der Waals surface area (Å²) in [5.74, 6) is 0.535. The van der Waals surface area contributed by atoms with E-state index in [1.807, 2.05) is 58.4 Å². The lowest BCUT2D eigenvalue weighted by atomic mass is 10.0. The molecule has 27 heavy (non-hydrogen) atoms. The smallest absolute Gasteiger partial charge is 0.168 e. The number of nitrogens with zero attached hydrogens (tertiary/aromatic N) is 4. The fourth-order valence-corrected chi connectivity index (χ4v) is 3.81. The maximum Gasteiger partial charge on any atom is 0.168 e. The third kappa shape index (κ3) is 2.80. The summed E-state index contributed by atoms with van der Waals surface area (Å²) in [5.41, 5.74) is 5.52. The van der Waals surface area contributed by atoms with Gasteiger partial charge >= 0.3 is 0 Å². The molecule has 3 aromatic heterocycles. The molecule has 0 unspecified atom stereocenters. The molecule has 0 radical (unpaired) electrons. The van der Waals surface area contributed by atoms with Crippen LogP contribution in [-0.2, 0) is 0 Å². The molecule has 2 aromatic carbocycles. The first-order valence-corrected chi connectivity index (χ1v) is 9.24. The van der Waals surface area contributed by atoms with Gasteiger partial charge in [-0.15, -0.1) is 10.2 Å². The topological polar surface area (TPSA) is 43.1 Å². The number of fused-ring (bicyclic) bond motifs is 1. The molecule has 5 rings (SSSR count). The lowest BCUT2D eigenvalue weighted by Crippen LogP contribution is -1.91. The molecule has 0 atom stereocenters. The van der Waals surface area contributed by atoms with Crippen LogP contribution in [0.25, 0.3) is 39.4 Å². The van der Waals surface area contributed by atoms with Crippen LogP contribution in [0.15, 0.2) is 78.3 Å². The number of rotatable bonds is 3. The Bertz CT molecular complexity index is 1230. The second-order valence-electron chi connectivity index (χ2n) is 6.12. The molecule has 4 nitrogen and oxygen atoms in total. The van der Waals surface area contributed by atoms with Crippen molar-refractivity contribution in [2.45, 2.75) is 0 Å². The van der Waals surface area contributed by atoms with Gasteiger partial charge in [0.05, 0.1) is 5.69 Å². The highest BCUT2D eigenvalue weighted by Crippen LogP contribution is 2.33. The van der Waals surface area contributed by atoms with Crippen molar-refractivity contribution < 1.29 is 4.39 Å². The molecule has 0 aliphatic carbocycles. The molecule has 0 aliphatic heterocycles. The van der Waals surface area contributed by atoms with Crippen LogP contribution < -0.4 is 0 Å². The summed E-state index contributed by atoms with van der Waals surface area (Å²) in [7, 11) is 0. The molecular formula is C21H13FN4S. The van der Waals surface area contributed by atoms with Crippen LogP contribution in [0, 0.1) is 5.82 Å². The average Bonchev–Trinajstić information content (AvgIpc) is 3.36. The van der Waals surface area contributed by atoms with Gasteiger partial charge < -0.3 is 0 Å². The van der Waals surface area contributed by atoms with Crippen molar-refractivity contribution in [2.24, 2.45) is 0 Å². The van der Waals surface area contributed by atoms with Crippen molar-refractivity contribution in [3.63, 3.8) is 0 Å². The van der Waals surface area contributed by atoms with Crippen LogP contribution in [0.4, 0.5) is 4.39 Å². The Hall–Kier alpha value is -3.38. The molecule has 0 amide bonds. The summed E-state index contributed by atoms with van der Waals surface area (Å²) in [6.07, 6.45) is 2.02. The Morgan fingerprint density at radius 1 is 0.778 bits per heavy atom. The first kappa shape index (κ1) is 15.8. The zero-order valence-electron chi connectivity index (χ0n) is 14.1. The maximum atomic E-state index is 13.3. The van der Waals surface area contributed by atoms with Gasteiger partial charge in [-0.25, -0.2) is 4.39 Å². The average molecular weight is 372 g/mol. The van der Waals surface area contributed by atoms with E-state index in [0.717, 1.165) is 39.4 Å². The second-order valence-corrected chi connectivity index (χ2v) is 6.75. The first-order chi connectivity index (χ1) is 13.3. The van der Waals surface area contributed by atoms with Crippen molar-refractivity contribution in [1.29, 1.82) is 0 Å². The summed E-state index contributed by atoms with van der Waals surface area (Å²) in [4.78, 5) is 0. The molecule has 0 N–H and O–H groups in total. The zero-order chi connectivity index (χ0) is 18.2. The lowest BCUT2D eigenvalue weighted by Gasteiger charge is -2.06. The van der Waals surface area contributed by atoms with Gasteiger partial charge in [0.1, 0.15) is 5.82 Å². The van der Waals surface area contributed by atoms with Crippen LogP contribution in [-0.4, -0.2) is 19.0 Å².